The van der Waals surface area contributed by atoms with Gasteiger partial charge in [0.15, 0.2) is 5.82 Å². The predicted octanol–water partition coefficient (Wildman–Crippen LogP) is 1.34. The normalized spacial score (nSPS) is 22.8. The summed E-state index contributed by atoms with van der Waals surface area (Å²) in [7, 11) is 1.74. The molecule has 0 bridgehead atoms. The van der Waals surface area contributed by atoms with Crippen LogP contribution < -0.4 is 10.6 Å². The smallest absolute Gasteiger partial charge is 0.156 e. The van der Waals surface area contributed by atoms with Crippen molar-refractivity contribution in [2.45, 2.75) is 19.1 Å². The van der Waals surface area contributed by atoms with E-state index in [4.69, 9.17) is 4.74 Å². The van der Waals surface area contributed by atoms with Crippen molar-refractivity contribution in [1.82, 2.24) is 15.5 Å². The molecule has 2 heterocycles. The molecule has 5 heteroatoms. The molecule has 0 spiro atoms. The van der Waals surface area contributed by atoms with E-state index in [0.29, 0.717) is 0 Å². The number of methoxy groups -OCH3 is 1. The zero-order chi connectivity index (χ0) is 13.2. The van der Waals surface area contributed by atoms with Crippen LogP contribution in [0.15, 0.2) is 24.3 Å². The van der Waals surface area contributed by atoms with Crippen LogP contribution in [0.3, 0.4) is 0 Å². The third-order valence-corrected chi connectivity index (χ3v) is 3.66. The summed E-state index contributed by atoms with van der Waals surface area (Å²) in [6.07, 6.45) is 0.168. The van der Waals surface area contributed by atoms with Crippen LogP contribution in [0.4, 0.5) is 5.82 Å². The van der Waals surface area contributed by atoms with Gasteiger partial charge in [-0.25, -0.2) is 0 Å². The van der Waals surface area contributed by atoms with Crippen LogP contribution in [0.25, 0.3) is 10.8 Å². The number of hydrogen-bond donors (Lipinski definition) is 2. The van der Waals surface area contributed by atoms with Gasteiger partial charge in [-0.3, -0.25) is 0 Å². The van der Waals surface area contributed by atoms with Crippen LogP contribution in [0.1, 0.15) is 5.69 Å². The molecule has 0 aliphatic carbocycles. The average Bonchev–Trinajstić information content (AvgIpc) is 2.89. The summed E-state index contributed by atoms with van der Waals surface area (Å²) in [5.41, 5.74) is 0.953. The fraction of sp³-hybridized carbons (Fsp3) is 0.429. The van der Waals surface area contributed by atoms with E-state index in [1.807, 2.05) is 19.1 Å². The standard InChI is InChI=1S/C14H18N4O/c1-9-10-5-3-4-6-11(10)14(18-17-9)16-12-7-15-8-13(12)19-2/h3-6,12-13,15H,7-8H2,1-2H3,(H,16,18)/t12?,13-/m0/s1. The Balaban J connectivity index is 1.95. The lowest BCUT2D eigenvalue weighted by Crippen LogP contribution is -2.34. The molecule has 2 aromatic rings. The zero-order valence-corrected chi connectivity index (χ0v) is 11.2. The summed E-state index contributed by atoms with van der Waals surface area (Å²) < 4.78 is 5.46. The van der Waals surface area contributed by atoms with Crippen LogP contribution in [-0.2, 0) is 4.74 Å². The lowest BCUT2D eigenvalue weighted by atomic mass is 10.1. The molecule has 1 aromatic carbocycles. The predicted molar refractivity (Wildman–Crippen MR) is 75.4 cm³/mol. The van der Waals surface area contributed by atoms with Crippen molar-refractivity contribution in [2.75, 3.05) is 25.5 Å². The number of benzene rings is 1. The Bertz CT molecular complexity index is 587. The van der Waals surface area contributed by atoms with E-state index in [1.54, 1.807) is 7.11 Å². The highest BCUT2D eigenvalue weighted by molar-refractivity contribution is 5.92. The molecule has 0 saturated carbocycles. The highest BCUT2D eigenvalue weighted by Crippen LogP contribution is 2.23. The molecule has 19 heavy (non-hydrogen) atoms. The molecule has 100 valence electrons. The molecule has 2 atom stereocenters. The van der Waals surface area contributed by atoms with Crippen molar-refractivity contribution < 1.29 is 4.74 Å². The van der Waals surface area contributed by atoms with Crippen LogP contribution in [0, 0.1) is 6.92 Å². The van der Waals surface area contributed by atoms with Gasteiger partial charge in [0.05, 0.1) is 17.8 Å². The summed E-state index contributed by atoms with van der Waals surface area (Å²) in [5, 5.41) is 17.5. The van der Waals surface area contributed by atoms with Crippen molar-refractivity contribution in [2.24, 2.45) is 0 Å². The number of rotatable bonds is 3. The van der Waals surface area contributed by atoms with E-state index in [1.165, 1.54) is 0 Å². The summed E-state index contributed by atoms with van der Waals surface area (Å²) in [4.78, 5) is 0. The number of aryl methyl sites for hydroxylation is 1. The first-order valence-electron chi connectivity index (χ1n) is 6.51. The van der Waals surface area contributed by atoms with Crippen molar-refractivity contribution in [3.63, 3.8) is 0 Å². The van der Waals surface area contributed by atoms with Gasteiger partial charge in [0.25, 0.3) is 0 Å². The van der Waals surface area contributed by atoms with Crippen LogP contribution in [0.2, 0.25) is 0 Å². The van der Waals surface area contributed by atoms with E-state index in [-0.39, 0.29) is 12.1 Å². The van der Waals surface area contributed by atoms with E-state index in [2.05, 4.69) is 33.0 Å². The van der Waals surface area contributed by atoms with Crippen LogP contribution in [0.5, 0.6) is 0 Å². The average molecular weight is 258 g/mol. The summed E-state index contributed by atoms with van der Waals surface area (Å²) in [6, 6.07) is 8.42. The van der Waals surface area contributed by atoms with Crippen LogP contribution >= 0.6 is 0 Å². The summed E-state index contributed by atoms with van der Waals surface area (Å²) in [5.74, 6) is 0.831. The summed E-state index contributed by atoms with van der Waals surface area (Å²) >= 11 is 0. The Morgan fingerprint density at radius 1 is 1.21 bits per heavy atom. The first-order valence-corrected chi connectivity index (χ1v) is 6.51. The molecule has 1 saturated heterocycles. The Labute approximate surface area is 112 Å². The maximum atomic E-state index is 5.46. The number of nitrogens with one attached hydrogen (secondary N) is 2. The number of nitrogens with zero attached hydrogens (tertiary/aromatic N) is 2. The fourth-order valence-corrected chi connectivity index (χ4v) is 2.57. The molecule has 1 unspecified atom stereocenters. The zero-order valence-electron chi connectivity index (χ0n) is 11.2. The first kappa shape index (κ1) is 12.3. The Morgan fingerprint density at radius 3 is 2.79 bits per heavy atom. The topological polar surface area (TPSA) is 59.1 Å². The maximum Gasteiger partial charge on any atom is 0.156 e. The minimum atomic E-state index is 0.168. The molecule has 1 aliphatic rings. The Morgan fingerprint density at radius 2 is 2.00 bits per heavy atom. The Kier molecular flexibility index (Phi) is 3.31. The molecule has 1 fully saturated rings. The molecule has 1 aliphatic heterocycles. The number of aromatic nitrogens is 2. The van der Waals surface area contributed by atoms with E-state index in [9.17, 15) is 0 Å². The molecule has 1 aromatic heterocycles. The summed E-state index contributed by atoms with van der Waals surface area (Å²) in [6.45, 7) is 3.72. The lowest BCUT2D eigenvalue weighted by Gasteiger charge is -2.19. The molecule has 2 N–H and O–H groups in total. The van der Waals surface area contributed by atoms with Gasteiger partial charge >= 0.3 is 0 Å². The fourth-order valence-electron chi connectivity index (χ4n) is 2.57. The van der Waals surface area contributed by atoms with Crippen molar-refractivity contribution in [1.29, 1.82) is 0 Å². The molecule has 3 rings (SSSR count). The third-order valence-electron chi connectivity index (χ3n) is 3.66. The first-order chi connectivity index (χ1) is 9.29. The Hall–Kier alpha value is -1.72. The van der Waals surface area contributed by atoms with E-state index < -0.39 is 0 Å². The van der Waals surface area contributed by atoms with Crippen molar-refractivity contribution >= 4 is 16.6 Å². The van der Waals surface area contributed by atoms with Crippen molar-refractivity contribution in [3.8, 4) is 0 Å². The van der Waals surface area contributed by atoms with Gasteiger partial charge in [-0.05, 0) is 6.92 Å². The molecular weight excluding hydrogens is 240 g/mol. The van der Waals surface area contributed by atoms with Crippen molar-refractivity contribution in [3.05, 3.63) is 30.0 Å². The second kappa shape index (κ2) is 5.11. The number of ether oxygens (including phenoxy) is 1. The van der Waals surface area contributed by atoms with Gasteiger partial charge in [-0.1, -0.05) is 24.3 Å². The van der Waals surface area contributed by atoms with Crippen LogP contribution in [-0.4, -0.2) is 42.5 Å². The van der Waals surface area contributed by atoms with Gasteiger partial charge < -0.3 is 15.4 Å². The second-order valence-electron chi connectivity index (χ2n) is 4.86. The molecule has 0 radical (unpaired) electrons. The number of hydrogen-bond acceptors (Lipinski definition) is 5. The maximum absolute atomic E-state index is 5.46. The van der Waals surface area contributed by atoms with Gasteiger partial charge in [0.2, 0.25) is 0 Å². The highest BCUT2D eigenvalue weighted by atomic mass is 16.5. The number of fused-ring (bicyclic) bond motifs is 1. The monoisotopic (exact) mass is 258 g/mol. The van der Waals surface area contributed by atoms with Gasteiger partial charge in [-0.2, -0.15) is 5.10 Å². The third kappa shape index (κ3) is 2.27. The molecular formula is C14H18N4O. The molecule has 0 amide bonds. The number of anilines is 1. The molecule has 5 nitrogen and oxygen atoms in total. The van der Waals surface area contributed by atoms with E-state index in [0.717, 1.165) is 35.4 Å². The largest absolute Gasteiger partial charge is 0.378 e. The van der Waals surface area contributed by atoms with Gasteiger partial charge in [0, 0.05) is 31.0 Å². The highest BCUT2D eigenvalue weighted by Gasteiger charge is 2.27. The van der Waals surface area contributed by atoms with Gasteiger partial charge in [0.1, 0.15) is 0 Å². The quantitative estimate of drug-likeness (QED) is 0.870. The lowest BCUT2D eigenvalue weighted by molar-refractivity contribution is 0.111. The van der Waals surface area contributed by atoms with E-state index >= 15 is 0 Å². The SMILES string of the molecule is CO[C@H]1CNCC1Nc1nnc(C)c2ccccc12. The minimum Gasteiger partial charge on any atom is -0.378 e. The van der Waals surface area contributed by atoms with Gasteiger partial charge in [-0.15, -0.1) is 5.10 Å². The second-order valence-corrected chi connectivity index (χ2v) is 4.86. The minimum absolute atomic E-state index is 0.168.